The van der Waals surface area contributed by atoms with E-state index in [1.54, 1.807) is 0 Å². The second kappa shape index (κ2) is 11.6. The van der Waals surface area contributed by atoms with Crippen molar-refractivity contribution in [2.45, 2.75) is 64.3 Å². The Morgan fingerprint density at radius 1 is 1.14 bits per heavy atom. The van der Waals surface area contributed by atoms with Crippen LogP contribution in [-0.2, 0) is 14.3 Å². The molecule has 6 heteroatoms. The summed E-state index contributed by atoms with van der Waals surface area (Å²) in [5, 5.41) is 2.69. The van der Waals surface area contributed by atoms with Crippen molar-refractivity contribution in [1.29, 1.82) is 0 Å². The van der Waals surface area contributed by atoms with Crippen LogP contribution >= 0.6 is 11.6 Å². The van der Waals surface area contributed by atoms with Crippen molar-refractivity contribution in [3.8, 4) is 0 Å². The Labute approximate surface area is 138 Å². The third kappa shape index (κ3) is 7.34. The lowest BCUT2D eigenvalue weighted by molar-refractivity contribution is -0.148. The first-order valence-corrected chi connectivity index (χ1v) is 8.88. The molecule has 1 rings (SSSR count). The molecule has 22 heavy (non-hydrogen) atoms. The average Bonchev–Trinajstić information content (AvgIpc) is 2.54. The number of alkyl carbamates (subject to hydrolysis) is 1. The van der Waals surface area contributed by atoms with E-state index < -0.39 is 12.1 Å². The Balaban J connectivity index is 2.52. The number of hydrogen-bond acceptors (Lipinski definition) is 4. The van der Waals surface area contributed by atoms with Gasteiger partial charge < -0.3 is 14.8 Å². The summed E-state index contributed by atoms with van der Waals surface area (Å²) in [6.07, 6.45) is 7.09. The van der Waals surface area contributed by atoms with E-state index in [1.807, 2.05) is 6.92 Å². The Kier molecular flexibility index (Phi) is 10.0. The standard InChI is InChI=1S/C16H28ClNO4/c1-2-3-11-21-15(19)14(13-8-5-4-6-9-13)18-16(20)22-12-7-10-17/h13-14H,2-12H2,1H3,(H,18,20). The average molecular weight is 334 g/mol. The minimum atomic E-state index is -0.597. The highest BCUT2D eigenvalue weighted by Gasteiger charge is 2.32. The van der Waals surface area contributed by atoms with Crippen LogP contribution in [0.1, 0.15) is 58.3 Å². The number of ether oxygens (including phenoxy) is 2. The predicted molar refractivity (Wildman–Crippen MR) is 86.1 cm³/mol. The summed E-state index contributed by atoms with van der Waals surface area (Å²) < 4.78 is 10.3. The largest absolute Gasteiger partial charge is 0.464 e. The number of esters is 1. The quantitative estimate of drug-likeness (QED) is 0.397. The van der Waals surface area contributed by atoms with E-state index in [2.05, 4.69) is 5.32 Å². The van der Waals surface area contributed by atoms with Crippen LogP contribution in [0.3, 0.4) is 0 Å². The number of amides is 1. The summed E-state index contributed by atoms with van der Waals surface area (Å²) in [6, 6.07) is -0.597. The third-order valence-electron chi connectivity index (χ3n) is 3.90. The minimum absolute atomic E-state index is 0.142. The fourth-order valence-electron chi connectivity index (χ4n) is 2.63. The van der Waals surface area contributed by atoms with Crippen molar-refractivity contribution in [1.82, 2.24) is 5.32 Å². The number of unbranched alkanes of at least 4 members (excludes halogenated alkanes) is 1. The van der Waals surface area contributed by atoms with Crippen LogP contribution in [0.25, 0.3) is 0 Å². The maximum atomic E-state index is 12.3. The maximum Gasteiger partial charge on any atom is 0.407 e. The first-order chi connectivity index (χ1) is 10.7. The van der Waals surface area contributed by atoms with E-state index >= 15 is 0 Å². The van der Waals surface area contributed by atoms with Gasteiger partial charge in [-0.25, -0.2) is 9.59 Å². The maximum absolute atomic E-state index is 12.3. The van der Waals surface area contributed by atoms with Crippen molar-refractivity contribution in [2.24, 2.45) is 5.92 Å². The van der Waals surface area contributed by atoms with Gasteiger partial charge in [0.05, 0.1) is 13.2 Å². The summed E-state index contributed by atoms with van der Waals surface area (Å²) in [5.41, 5.74) is 0. The highest BCUT2D eigenvalue weighted by atomic mass is 35.5. The van der Waals surface area contributed by atoms with Gasteiger partial charge in [-0.2, -0.15) is 0 Å². The second-order valence-corrected chi connectivity index (χ2v) is 6.10. The fraction of sp³-hybridized carbons (Fsp3) is 0.875. The highest BCUT2D eigenvalue weighted by molar-refractivity contribution is 6.17. The number of nitrogens with one attached hydrogen (secondary N) is 1. The van der Waals surface area contributed by atoms with E-state index in [0.717, 1.165) is 38.5 Å². The first-order valence-electron chi connectivity index (χ1n) is 8.35. The van der Waals surface area contributed by atoms with Gasteiger partial charge >= 0.3 is 12.1 Å². The Bertz CT molecular complexity index is 332. The van der Waals surface area contributed by atoms with Crippen LogP contribution in [-0.4, -0.2) is 37.2 Å². The number of carbonyl (C=O) groups excluding carboxylic acids is 2. The lowest BCUT2D eigenvalue weighted by Gasteiger charge is -2.29. The molecule has 1 fully saturated rings. The molecule has 0 aromatic carbocycles. The van der Waals surface area contributed by atoms with Gasteiger partial charge in [0.1, 0.15) is 6.04 Å². The molecule has 1 saturated carbocycles. The van der Waals surface area contributed by atoms with Crippen molar-refractivity contribution in [3.05, 3.63) is 0 Å². The van der Waals surface area contributed by atoms with Gasteiger partial charge in [0.25, 0.3) is 0 Å². The molecule has 1 aliphatic carbocycles. The molecule has 0 aromatic rings. The number of hydrogen-bond donors (Lipinski definition) is 1. The number of halogens is 1. The lowest BCUT2D eigenvalue weighted by Crippen LogP contribution is -2.47. The second-order valence-electron chi connectivity index (χ2n) is 5.72. The van der Waals surface area contributed by atoms with Crippen LogP contribution in [0.15, 0.2) is 0 Å². The number of rotatable bonds is 9. The normalized spacial score (nSPS) is 16.8. The van der Waals surface area contributed by atoms with Crippen LogP contribution in [0, 0.1) is 5.92 Å². The van der Waals surface area contributed by atoms with Gasteiger partial charge in [-0.05, 0) is 31.6 Å². The summed E-state index contributed by atoms with van der Waals surface area (Å²) >= 11 is 5.55. The van der Waals surface area contributed by atoms with E-state index in [1.165, 1.54) is 6.42 Å². The topological polar surface area (TPSA) is 64.6 Å². The zero-order chi connectivity index (χ0) is 16.2. The number of carbonyl (C=O) groups is 2. The molecule has 0 aromatic heterocycles. The van der Waals surface area contributed by atoms with Crippen LogP contribution in [0.4, 0.5) is 4.79 Å². The minimum Gasteiger partial charge on any atom is -0.464 e. The van der Waals surface area contributed by atoms with Crippen LogP contribution in [0.2, 0.25) is 0 Å². The van der Waals surface area contributed by atoms with Gasteiger partial charge in [-0.1, -0.05) is 32.6 Å². The van der Waals surface area contributed by atoms with Crippen molar-refractivity contribution in [2.75, 3.05) is 19.1 Å². The van der Waals surface area contributed by atoms with Gasteiger partial charge in [0.15, 0.2) is 0 Å². The molecule has 128 valence electrons. The zero-order valence-electron chi connectivity index (χ0n) is 13.4. The third-order valence-corrected chi connectivity index (χ3v) is 4.17. The van der Waals surface area contributed by atoms with Gasteiger partial charge in [0.2, 0.25) is 0 Å². The predicted octanol–water partition coefficient (Wildman–Crippen LogP) is 3.63. The van der Waals surface area contributed by atoms with Crippen LogP contribution < -0.4 is 5.32 Å². The van der Waals surface area contributed by atoms with E-state index in [0.29, 0.717) is 18.9 Å². The van der Waals surface area contributed by atoms with Gasteiger partial charge in [-0.3, -0.25) is 0 Å². The lowest BCUT2D eigenvalue weighted by atomic mass is 9.84. The summed E-state index contributed by atoms with van der Waals surface area (Å²) in [5.74, 6) is 0.247. The van der Waals surface area contributed by atoms with E-state index in [9.17, 15) is 9.59 Å². The molecule has 1 unspecified atom stereocenters. The fourth-order valence-corrected chi connectivity index (χ4v) is 2.74. The smallest absolute Gasteiger partial charge is 0.407 e. The molecule has 1 aliphatic rings. The molecular weight excluding hydrogens is 306 g/mol. The summed E-state index contributed by atoms with van der Waals surface area (Å²) in [4.78, 5) is 24.1. The molecule has 0 heterocycles. The first kappa shape index (κ1) is 19.1. The Morgan fingerprint density at radius 2 is 1.82 bits per heavy atom. The van der Waals surface area contributed by atoms with Gasteiger partial charge in [-0.15, -0.1) is 11.6 Å². The van der Waals surface area contributed by atoms with E-state index in [4.69, 9.17) is 21.1 Å². The van der Waals surface area contributed by atoms with Crippen molar-refractivity contribution in [3.63, 3.8) is 0 Å². The SMILES string of the molecule is CCCCOC(=O)C(NC(=O)OCCCCl)C1CCCCC1. The molecule has 1 atom stereocenters. The molecule has 1 N–H and O–H groups in total. The molecule has 0 radical (unpaired) electrons. The Hall–Kier alpha value is -0.970. The molecule has 0 aliphatic heterocycles. The summed E-state index contributed by atoms with van der Waals surface area (Å²) in [7, 11) is 0. The summed E-state index contributed by atoms with van der Waals surface area (Å²) in [6.45, 7) is 2.71. The molecule has 0 spiro atoms. The number of alkyl halides is 1. The monoisotopic (exact) mass is 333 g/mol. The molecule has 0 saturated heterocycles. The zero-order valence-corrected chi connectivity index (χ0v) is 14.2. The van der Waals surface area contributed by atoms with Crippen molar-refractivity contribution < 1.29 is 19.1 Å². The van der Waals surface area contributed by atoms with E-state index in [-0.39, 0.29) is 18.5 Å². The molecule has 0 bridgehead atoms. The Morgan fingerprint density at radius 3 is 2.45 bits per heavy atom. The molecule has 5 nitrogen and oxygen atoms in total. The molecule has 1 amide bonds. The molecular formula is C16H28ClNO4. The van der Waals surface area contributed by atoms with Gasteiger partial charge in [0, 0.05) is 5.88 Å². The highest BCUT2D eigenvalue weighted by Crippen LogP contribution is 2.27. The van der Waals surface area contributed by atoms with Crippen molar-refractivity contribution >= 4 is 23.7 Å². The van der Waals surface area contributed by atoms with Crippen LogP contribution in [0.5, 0.6) is 0 Å².